The van der Waals surface area contributed by atoms with Crippen LogP contribution in [0.25, 0.3) is 0 Å². The van der Waals surface area contributed by atoms with Crippen molar-refractivity contribution in [3.8, 4) is 0 Å². The molecule has 6 heteroatoms. The summed E-state index contributed by atoms with van der Waals surface area (Å²) in [5, 5.41) is 3.08. The molecule has 0 radical (unpaired) electrons. The fourth-order valence-electron chi connectivity index (χ4n) is 2.52. The summed E-state index contributed by atoms with van der Waals surface area (Å²) in [6.07, 6.45) is 0.446. The van der Waals surface area contributed by atoms with Gasteiger partial charge in [-0.25, -0.2) is 8.42 Å². The molecule has 0 saturated heterocycles. The molecule has 5 nitrogen and oxygen atoms in total. The van der Waals surface area contributed by atoms with Crippen LogP contribution in [-0.4, -0.2) is 27.1 Å². The van der Waals surface area contributed by atoms with E-state index in [-0.39, 0.29) is 12.2 Å². The van der Waals surface area contributed by atoms with Crippen molar-refractivity contribution in [1.82, 2.24) is 5.32 Å². The molecule has 0 bridgehead atoms. The van der Waals surface area contributed by atoms with E-state index in [1.165, 1.54) is 0 Å². The molecule has 98 valence electrons. The molecule has 1 atom stereocenters. The van der Waals surface area contributed by atoms with E-state index in [1.807, 2.05) is 0 Å². The van der Waals surface area contributed by atoms with Crippen LogP contribution < -0.4 is 11.1 Å². The number of carbonyl (C=O) groups is 1. The molecule has 1 unspecified atom stereocenters. The number of rotatable bonds is 3. The van der Waals surface area contributed by atoms with Gasteiger partial charge in [-0.1, -0.05) is 18.2 Å². The Kier molecular flexibility index (Phi) is 3.16. The Bertz CT molecular complexity index is 583. The third-order valence-electron chi connectivity index (χ3n) is 3.49. The Morgan fingerprint density at radius 1 is 1.44 bits per heavy atom. The van der Waals surface area contributed by atoms with Gasteiger partial charge in [0, 0.05) is 6.42 Å². The fourth-order valence-corrected chi connectivity index (χ4v) is 4.24. The SMILES string of the molecule is CNC1(CC(N)=O)CCS(=O)(=O)c2ccccc21. The standard InChI is InChI=1S/C12H16N2O3S/c1-14-12(8-11(13)15)6-7-18(16,17)10-5-3-2-4-9(10)12/h2-5,14H,6-8H2,1H3,(H2,13,15). The van der Waals surface area contributed by atoms with Crippen LogP contribution in [0.5, 0.6) is 0 Å². The van der Waals surface area contributed by atoms with Gasteiger partial charge in [-0.05, 0) is 25.1 Å². The van der Waals surface area contributed by atoms with Gasteiger partial charge in [0.2, 0.25) is 5.91 Å². The van der Waals surface area contributed by atoms with Crippen molar-refractivity contribution in [3.63, 3.8) is 0 Å². The molecule has 0 saturated carbocycles. The maximum Gasteiger partial charge on any atom is 0.219 e. The first-order valence-corrected chi connectivity index (χ1v) is 7.36. The molecule has 1 aromatic rings. The molecule has 3 N–H and O–H groups in total. The quantitative estimate of drug-likeness (QED) is 0.817. The van der Waals surface area contributed by atoms with Crippen molar-refractivity contribution < 1.29 is 13.2 Å². The summed E-state index contributed by atoms with van der Waals surface area (Å²) >= 11 is 0. The molecule has 1 aromatic carbocycles. The van der Waals surface area contributed by atoms with E-state index >= 15 is 0 Å². The zero-order valence-electron chi connectivity index (χ0n) is 10.1. The maximum atomic E-state index is 12.0. The largest absolute Gasteiger partial charge is 0.370 e. The monoisotopic (exact) mass is 268 g/mol. The Morgan fingerprint density at radius 2 is 2.11 bits per heavy atom. The summed E-state index contributed by atoms with van der Waals surface area (Å²) in [6, 6.07) is 6.78. The van der Waals surface area contributed by atoms with Crippen LogP contribution >= 0.6 is 0 Å². The summed E-state index contributed by atoms with van der Waals surface area (Å²) < 4.78 is 24.0. The number of carbonyl (C=O) groups excluding carboxylic acids is 1. The van der Waals surface area contributed by atoms with Gasteiger partial charge < -0.3 is 11.1 Å². The van der Waals surface area contributed by atoms with Crippen molar-refractivity contribution in [3.05, 3.63) is 29.8 Å². The summed E-state index contributed by atoms with van der Waals surface area (Å²) in [4.78, 5) is 11.5. The molecule has 0 spiro atoms. The van der Waals surface area contributed by atoms with Crippen LogP contribution in [0.2, 0.25) is 0 Å². The molecule has 0 aromatic heterocycles. The van der Waals surface area contributed by atoms with Gasteiger partial charge in [0.05, 0.1) is 16.2 Å². The zero-order chi connectivity index (χ0) is 13.4. The van der Waals surface area contributed by atoms with Crippen molar-refractivity contribution in [2.45, 2.75) is 23.3 Å². The highest BCUT2D eigenvalue weighted by Crippen LogP contribution is 2.38. The van der Waals surface area contributed by atoms with Crippen LogP contribution in [0.15, 0.2) is 29.2 Å². The maximum absolute atomic E-state index is 12.0. The fraction of sp³-hybridized carbons (Fsp3) is 0.417. The highest BCUT2D eigenvalue weighted by atomic mass is 32.2. The van der Waals surface area contributed by atoms with Crippen LogP contribution in [0.3, 0.4) is 0 Å². The third-order valence-corrected chi connectivity index (χ3v) is 5.26. The molecule has 0 fully saturated rings. The molecular weight excluding hydrogens is 252 g/mol. The van der Waals surface area contributed by atoms with Gasteiger partial charge >= 0.3 is 0 Å². The van der Waals surface area contributed by atoms with Crippen molar-refractivity contribution in [2.75, 3.05) is 12.8 Å². The molecule has 2 rings (SSSR count). The van der Waals surface area contributed by atoms with Crippen LogP contribution in [0, 0.1) is 0 Å². The van der Waals surface area contributed by atoms with Crippen LogP contribution in [-0.2, 0) is 20.2 Å². The Hall–Kier alpha value is -1.40. The molecule has 1 amide bonds. The minimum absolute atomic E-state index is 0.0259. The lowest BCUT2D eigenvalue weighted by molar-refractivity contribution is -0.119. The summed E-state index contributed by atoms with van der Waals surface area (Å²) in [5.41, 5.74) is 5.24. The number of hydrogen-bond donors (Lipinski definition) is 2. The predicted molar refractivity (Wildman–Crippen MR) is 67.7 cm³/mol. The van der Waals surface area contributed by atoms with Gasteiger partial charge in [0.25, 0.3) is 0 Å². The molecule has 0 aliphatic carbocycles. The van der Waals surface area contributed by atoms with Crippen molar-refractivity contribution in [2.24, 2.45) is 5.73 Å². The lowest BCUT2D eigenvalue weighted by atomic mass is 9.83. The first-order chi connectivity index (χ1) is 8.41. The van der Waals surface area contributed by atoms with E-state index in [0.29, 0.717) is 16.9 Å². The first kappa shape index (κ1) is 13.0. The van der Waals surface area contributed by atoms with E-state index in [0.717, 1.165) is 0 Å². The molecule has 1 aliphatic rings. The van der Waals surface area contributed by atoms with E-state index in [2.05, 4.69) is 5.32 Å². The lowest BCUT2D eigenvalue weighted by Gasteiger charge is -2.37. The molecule has 1 heterocycles. The molecule has 1 aliphatic heterocycles. The Morgan fingerprint density at radius 3 is 2.72 bits per heavy atom. The molecule has 18 heavy (non-hydrogen) atoms. The Balaban J connectivity index is 2.63. The smallest absolute Gasteiger partial charge is 0.219 e. The number of amides is 1. The number of sulfone groups is 1. The van der Waals surface area contributed by atoms with Crippen molar-refractivity contribution in [1.29, 1.82) is 0 Å². The average molecular weight is 268 g/mol. The highest BCUT2D eigenvalue weighted by molar-refractivity contribution is 7.91. The summed E-state index contributed by atoms with van der Waals surface area (Å²) in [6.45, 7) is 0. The van der Waals surface area contributed by atoms with Gasteiger partial charge in [0.15, 0.2) is 9.84 Å². The second-order valence-corrected chi connectivity index (χ2v) is 6.62. The number of benzene rings is 1. The average Bonchev–Trinajstić information content (AvgIpc) is 2.33. The number of nitrogens with one attached hydrogen (secondary N) is 1. The van der Waals surface area contributed by atoms with E-state index in [1.54, 1.807) is 31.3 Å². The Labute approximate surface area is 106 Å². The second-order valence-electron chi connectivity index (χ2n) is 4.54. The van der Waals surface area contributed by atoms with Gasteiger partial charge in [-0.15, -0.1) is 0 Å². The zero-order valence-corrected chi connectivity index (χ0v) is 11.0. The van der Waals surface area contributed by atoms with Gasteiger partial charge in [-0.2, -0.15) is 0 Å². The van der Waals surface area contributed by atoms with E-state index in [4.69, 9.17) is 5.73 Å². The third kappa shape index (κ3) is 2.02. The first-order valence-electron chi connectivity index (χ1n) is 5.71. The van der Waals surface area contributed by atoms with Crippen LogP contribution in [0.1, 0.15) is 18.4 Å². The minimum atomic E-state index is -3.25. The topological polar surface area (TPSA) is 89.3 Å². The normalized spacial score (nSPS) is 25.4. The summed E-state index contributed by atoms with van der Waals surface area (Å²) in [7, 11) is -1.53. The van der Waals surface area contributed by atoms with Crippen LogP contribution in [0.4, 0.5) is 0 Å². The van der Waals surface area contributed by atoms with Gasteiger partial charge in [0.1, 0.15) is 0 Å². The van der Waals surface area contributed by atoms with E-state index < -0.39 is 21.3 Å². The number of fused-ring (bicyclic) bond motifs is 1. The number of nitrogens with two attached hydrogens (primary N) is 1. The highest BCUT2D eigenvalue weighted by Gasteiger charge is 2.41. The predicted octanol–water partition coefficient (Wildman–Crippen LogP) is 0.154. The second kappa shape index (κ2) is 4.37. The van der Waals surface area contributed by atoms with Gasteiger partial charge in [-0.3, -0.25) is 4.79 Å². The lowest BCUT2D eigenvalue weighted by Crippen LogP contribution is -2.48. The number of primary amides is 1. The van der Waals surface area contributed by atoms with Crippen molar-refractivity contribution >= 4 is 15.7 Å². The minimum Gasteiger partial charge on any atom is -0.370 e. The number of hydrogen-bond acceptors (Lipinski definition) is 4. The summed E-state index contributed by atoms with van der Waals surface area (Å²) in [5.74, 6) is -0.420. The molecular formula is C12H16N2O3S. The van der Waals surface area contributed by atoms with E-state index in [9.17, 15) is 13.2 Å².